The van der Waals surface area contributed by atoms with E-state index in [2.05, 4.69) is 36.9 Å². The molecular formula is C44H54N8O12. The first-order chi connectivity index (χ1) is 30.5. The smallest absolute Gasteiger partial charge is 0.251 e. The number of aromatic nitrogens is 1. The minimum Gasteiger partial charge on any atom is -0.391 e. The summed E-state index contributed by atoms with van der Waals surface area (Å²) in [6.45, 7) is -1.74. The number of allylic oxidation sites excluding steroid dienone is 4. The van der Waals surface area contributed by atoms with E-state index in [1.54, 1.807) is 36.6 Å². The van der Waals surface area contributed by atoms with E-state index in [0.717, 1.165) is 21.4 Å². The Morgan fingerprint density at radius 1 is 0.797 bits per heavy atom. The molecule has 0 radical (unpaired) electrons. The zero-order valence-corrected chi connectivity index (χ0v) is 35.0. The third kappa shape index (κ3) is 13.6. The summed E-state index contributed by atoms with van der Waals surface area (Å²) in [6.07, 6.45) is 1.68. The van der Waals surface area contributed by atoms with Crippen molar-refractivity contribution in [3.63, 3.8) is 0 Å². The van der Waals surface area contributed by atoms with Gasteiger partial charge in [0.15, 0.2) is 11.8 Å². The molecule has 3 aromatic rings. The summed E-state index contributed by atoms with van der Waals surface area (Å²) in [7, 11) is 1.23. The van der Waals surface area contributed by atoms with Gasteiger partial charge in [-0.1, -0.05) is 85.0 Å². The van der Waals surface area contributed by atoms with E-state index in [1.807, 2.05) is 54.6 Å². The van der Waals surface area contributed by atoms with Crippen LogP contribution in [0.4, 0.5) is 0 Å². The number of carbonyl (C=O) groups is 7. The molecule has 0 spiro atoms. The molecule has 342 valence electrons. The lowest BCUT2D eigenvalue weighted by Gasteiger charge is -2.34. The first-order valence-electron chi connectivity index (χ1n) is 20.6. The first kappa shape index (κ1) is 48.3. The Balaban J connectivity index is 1.33. The van der Waals surface area contributed by atoms with Gasteiger partial charge in [0.25, 0.3) is 5.91 Å². The molecule has 0 unspecified atom stereocenters. The number of nitrogens with one attached hydrogen (secondary N) is 7. The maximum Gasteiger partial charge on any atom is 0.251 e. The molecule has 2 aliphatic heterocycles. The van der Waals surface area contributed by atoms with E-state index in [1.165, 1.54) is 13.1 Å². The average molecular weight is 887 g/mol. The van der Waals surface area contributed by atoms with Crippen molar-refractivity contribution < 1.29 is 59.1 Å². The number of H-pyrrole nitrogens is 1. The fraction of sp³-hybridized carbons (Fsp3) is 0.386. The lowest BCUT2D eigenvalue weighted by atomic mass is 9.95. The highest BCUT2D eigenvalue weighted by molar-refractivity contribution is 5.94. The summed E-state index contributed by atoms with van der Waals surface area (Å²) >= 11 is 0. The summed E-state index contributed by atoms with van der Waals surface area (Å²) in [6, 6.07) is 12.0. The number of fused-ring (bicyclic) bond motifs is 2. The second-order valence-electron chi connectivity index (χ2n) is 15.6. The van der Waals surface area contributed by atoms with Gasteiger partial charge in [-0.2, -0.15) is 0 Å². The van der Waals surface area contributed by atoms with Crippen LogP contribution in [0.15, 0.2) is 91.2 Å². The van der Waals surface area contributed by atoms with Gasteiger partial charge in [-0.25, -0.2) is 0 Å². The number of hydrogen-bond donors (Lipinski definition) is 12. The van der Waals surface area contributed by atoms with Gasteiger partial charge in [-0.15, -0.1) is 0 Å². The van der Waals surface area contributed by atoms with Crippen LogP contribution < -0.4 is 31.9 Å². The molecule has 2 fully saturated rings. The van der Waals surface area contributed by atoms with Crippen molar-refractivity contribution in [3.05, 3.63) is 102 Å². The molecule has 0 saturated carbocycles. The highest BCUT2D eigenvalue weighted by Gasteiger charge is 2.49. The molecule has 3 heterocycles. The number of aliphatic hydroxyl groups excluding tert-OH is 4. The van der Waals surface area contributed by atoms with Crippen molar-refractivity contribution >= 4 is 58.3 Å². The van der Waals surface area contributed by atoms with Crippen LogP contribution in [0.3, 0.4) is 0 Å². The van der Waals surface area contributed by atoms with E-state index in [-0.39, 0.29) is 12.8 Å². The van der Waals surface area contributed by atoms with Crippen LogP contribution in [-0.4, -0.2) is 152 Å². The molecule has 12 N–H and O–H groups in total. The van der Waals surface area contributed by atoms with E-state index in [9.17, 15) is 59.1 Å². The highest BCUT2D eigenvalue weighted by atomic mass is 16.3. The number of para-hydroxylation sites is 1. The number of rotatable bonds is 9. The molecule has 2 aliphatic rings. The van der Waals surface area contributed by atoms with Crippen molar-refractivity contribution in [2.75, 3.05) is 26.7 Å². The van der Waals surface area contributed by atoms with Gasteiger partial charge in [-0.3, -0.25) is 33.6 Å². The maximum absolute atomic E-state index is 13.6. The van der Waals surface area contributed by atoms with Gasteiger partial charge in [0.1, 0.15) is 12.1 Å². The quantitative estimate of drug-likeness (QED) is 0.0995. The van der Waals surface area contributed by atoms with Gasteiger partial charge >= 0.3 is 0 Å². The third-order valence-electron chi connectivity index (χ3n) is 10.6. The number of hydrogen-bond acceptors (Lipinski definition) is 12. The Morgan fingerprint density at radius 2 is 1.52 bits per heavy atom. The number of nitrogens with zero attached hydrogens (tertiary/aromatic N) is 1. The van der Waals surface area contributed by atoms with Crippen LogP contribution in [0.25, 0.3) is 17.0 Å². The minimum atomic E-state index is -2.45. The van der Waals surface area contributed by atoms with Crippen molar-refractivity contribution in [1.82, 2.24) is 41.8 Å². The Bertz CT molecular complexity index is 2250. The highest BCUT2D eigenvalue weighted by Crippen LogP contribution is 2.24. The first-order valence-corrected chi connectivity index (χ1v) is 20.6. The topological polar surface area (TPSA) is 312 Å². The SMILES string of the molecule is CN1CC(=O)N[C@H](Cc2c[nH]c3ccccc23)C(=O)NCC(=O)NC[C@H](O)CC(=O)N[C@H]([C@H](O)[C@@H](O)C/C=C/C=C/C=Cc2ccccc2)[C@H](O)C(=O)N[C@@H]2CC(=O)N[C@@]2(O)CC1=O. The number of likely N-dealkylation sites (N-methyl/N-ethyl adjacent to an activating group) is 1. The second kappa shape index (κ2) is 22.6. The minimum absolute atomic E-state index is 0.0398. The number of amides is 7. The van der Waals surface area contributed by atoms with Crippen LogP contribution in [0.2, 0.25) is 0 Å². The molecule has 5 rings (SSSR count). The molecule has 1 aromatic heterocycles. The molecule has 64 heavy (non-hydrogen) atoms. The van der Waals surface area contributed by atoms with E-state index in [0.29, 0.717) is 5.56 Å². The van der Waals surface area contributed by atoms with Gasteiger partial charge in [0, 0.05) is 37.1 Å². The van der Waals surface area contributed by atoms with Crippen molar-refractivity contribution in [3.8, 4) is 0 Å². The fourth-order valence-electron chi connectivity index (χ4n) is 7.13. The average Bonchev–Trinajstić information content (AvgIpc) is 3.80. The summed E-state index contributed by atoms with van der Waals surface area (Å²) < 4.78 is 0. The Labute approximate surface area is 367 Å². The molecule has 20 heteroatoms. The largest absolute Gasteiger partial charge is 0.391 e. The number of benzene rings is 2. The predicted molar refractivity (Wildman–Crippen MR) is 231 cm³/mol. The standard InChI is InChI=1S/C44H54N8O12/c1-52-25-37(58)48-31(18-27-22-45-30-16-11-10-15-29(27)30)42(62)47-24-36(57)46-23-28(53)19-34(55)50-39(41(61)43(63)49-33-20-35(56)51-44(33,64)21-38(52)59)40(60)32(54)17-9-4-2-3-6-12-26-13-7-5-8-14-26/h2-16,22,28,31-33,39-41,45,53-54,60-61,64H,17-21,23-25H2,1H3,(H,46,57)(H,47,62)(H,48,58)(H,49,63)(H,50,55)(H,51,56)/b3-2+,9-4+,12-6?/t28-,31-,32+,33-,39-,40-,41+,44-/m1/s1. The van der Waals surface area contributed by atoms with Gasteiger partial charge in [0.05, 0.1) is 56.6 Å². The zero-order chi connectivity index (χ0) is 46.4. The molecule has 8 atom stereocenters. The van der Waals surface area contributed by atoms with Crippen LogP contribution in [0, 0.1) is 0 Å². The molecule has 0 bridgehead atoms. The van der Waals surface area contributed by atoms with Crippen LogP contribution in [-0.2, 0) is 40.0 Å². The normalized spacial score (nSPS) is 26.2. The number of β-amino-alcohol motifs (C(OH)–C–C–N with tert-alkyl or cyclic N) is 1. The summed E-state index contributed by atoms with van der Waals surface area (Å²) in [5.74, 6) is -6.38. The summed E-state index contributed by atoms with van der Waals surface area (Å²) in [5.41, 5.74) is -0.0577. The lowest BCUT2D eigenvalue weighted by molar-refractivity contribution is -0.145. The Kier molecular flexibility index (Phi) is 17.1. The van der Waals surface area contributed by atoms with Gasteiger partial charge < -0.3 is 67.3 Å². The maximum atomic E-state index is 13.6. The predicted octanol–water partition coefficient (Wildman–Crippen LogP) is -2.48. The lowest BCUT2D eigenvalue weighted by Crippen LogP contribution is -2.63. The summed E-state index contributed by atoms with van der Waals surface area (Å²) in [4.78, 5) is 96.3. The van der Waals surface area contributed by atoms with Crippen LogP contribution in [0.5, 0.6) is 0 Å². The zero-order valence-electron chi connectivity index (χ0n) is 35.0. The molecule has 2 aromatic carbocycles. The molecule has 20 nitrogen and oxygen atoms in total. The monoisotopic (exact) mass is 886 g/mol. The number of aromatic amines is 1. The Morgan fingerprint density at radius 3 is 2.28 bits per heavy atom. The molecule has 0 aliphatic carbocycles. The molecular weight excluding hydrogens is 833 g/mol. The Hall–Kier alpha value is -6.71. The molecule has 2 saturated heterocycles. The van der Waals surface area contributed by atoms with Gasteiger partial charge in [0.2, 0.25) is 35.4 Å². The van der Waals surface area contributed by atoms with Crippen LogP contribution >= 0.6 is 0 Å². The summed E-state index contributed by atoms with van der Waals surface area (Å²) in [5, 5.41) is 70.4. The van der Waals surface area contributed by atoms with E-state index < -0.39 is 129 Å². The third-order valence-corrected chi connectivity index (χ3v) is 10.6. The van der Waals surface area contributed by atoms with Crippen LogP contribution in [0.1, 0.15) is 36.8 Å². The second-order valence-corrected chi connectivity index (χ2v) is 15.6. The fourth-order valence-corrected chi connectivity index (χ4v) is 7.13. The van der Waals surface area contributed by atoms with Crippen molar-refractivity contribution in [2.24, 2.45) is 0 Å². The molecule has 7 amide bonds. The number of aliphatic hydroxyl groups is 5. The van der Waals surface area contributed by atoms with Gasteiger partial charge in [-0.05, 0) is 23.6 Å². The van der Waals surface area contributed by atoms with E-state index >= 15 is 0 Å². The van der Waals surface area contributed by atoms with E-state index in [4.69, 9.17) is 0 Å². The number of carbonyl (C=O) groups excluding carboxylic acids is 7. The van der Waals surface area contributed by atoms with Crippen molar-refractivity contribution in [2.45, 2.75) is 80.4 Å². The van der Waals surface area contributed by atoms with Crippen molar-refractivity contribution in [1.29, 1.82) is 0 Å².